The fourth-order valence-electron chi connectivity index (χ4n) is 1.59. The fraction of sp³-hybridized carbons (Fsp3) is 1.00. The van der Waals surface area contributed by atoms with E-state index in [-0.39, 0.29) is 5.92 Å². The quantitative estimate of drug-likeness (QED) is 0.615. The largest absolute Gasteiger partial charge is 0.303 e. The monoisotopic (exact) mass is 163 g/mol. The minimum Gasteiger partial charge on any atom is -0.303 e. The topological polar surface area (TPSA) is 3.24 Å². The van der Waals surface area contributed by atoms with E-state index in [1.165, 1.54) is 0 Å². The van der Waals surface area contributed by atoms with Gasteiger partial charge in [0.1, 0.15) is 0 Å². The molecule has 1 heterocycles. The van der Waals surface area contributed by atoms with Crippen LogP contribution in [0.5, 0.6) is 0 Å². The average Bonchev–Trinajstić information content (AvgIpc) is 2.37. The highest BCUT2D eigenvalue weighted by atomic mass is 19.3. The summed E-state index contributed by atoms with van der Waals surface area (Å²) in [7, 11) is 0. The molecule has 0 aromatic heterocycles. The maximum Gasteiger partial charge on any atom is 0.242 e. The molecule has 11 heavy (non-hydrogen) atoms. The zero-order valence-corrected chi connectivity index (χ0v) is 6.89. The second-order valence-corrected chi connectivity index (χ2v) is 3.18. The zero-order valence-electron chi connectivity index (χ0n) is 6.89. The summed E-state index contributed by atoms with van der Waals surface area (Å²) in [5.74, 6) is -0.360. The number of rotatable bonds is 3. The van der Waals surface area contributed by atoms with Crippen LogP contribution < -0.4 is 0 Å². The third kappa shape index (κ3) is 2.40. The van der Waals surface area contributed by atoms with E-state index >= 15 is 0 Å². The minimum absolute atomic E-state index is 0.360. The molecule has 1 rings (SSSR count). The Morgan fingerprint density at radius 3 is 2.73 bits per heavy atom. The Morgan fingerprint density at radius 1 is 1.55 bits per heavy atom. The molecule has 66 valence electrons. The third-order valence-electron chi connectivity index (χ3n) is 2.21. The van der Waals surface area contributed by atoms with Gasteiger partial charge in [-0.1, -0.05) is 6.92 Å². The first kappa shape index (κ1) is 8.91. The van der Waals surface area contributed by atoms with Crippen molar-refractivity contribution in [3.8, 4) is 0 Å². The van der Waals surface area contributed by atoms with Gasteiger partial charge < -0.3 is 4.90 Å². The van der Waals surface area contributed by atoms with Gasteiger partial charge in [0.15, 0.2) is 0 Å². The van der Waals surface area contributed by atoms with Crippen molar-refractivity contribution in [2.45, 2.75) is 26.2 Å². The Balaban J connectivity index is 2.23. The molecule has 0 N–H and O–H groups in total. The van der Waals surface area contributed by atoms with E-state index in [1.807, 2.05) is 0 Å². The summed E-state index contributed by atoms with van der Waals surface area (Å²) in [6.45, 7) is 4.52. The standard InChI is InChI=1S/C8H15F2N/c1-2-4-11-5-3-7(6-11)8(9)10/h7-8H,2-6H2,1H3/t7-/m1/s1. The summed E-state index contributed by atoms with van der Waals surface area (Å²) in [5, 5.41) is 0. The van der Waals surface area contributed by atoms with Gasteiger partial charge in [0, 0.05) is 12.5 Å². The number of likely N-dealkylation sites (tertiary alicyclic amines) is 1. The van der Waals surface area contributed by atoms with Crippen molar-refractivity contribution in [2.75, 3.05) is 19.6 Å². The van der Waals surface area contributed by atoms with Crippen molar-refractivity contribution in [2.24, 2.45) is 5.92 Å². The van der Waals surface area contributed by atoms with Crippen LogP contribution in [0.4, 0.5) is 8.78 Å². The van der Waals surface area contributed by atoms with Crippen molar-refractivity contribution in [3.63, 3.8) is 0 Å². The Kier molecular flexibility index (Phi) is 3.24. The minimum atomic E-state index is -2.11. The molecule has 0 aromatic rings. The molecular formula is C8H15F2N. The van der Waals surface area contributed by atoms with E-state index in [1.54, 1.807) is 0 Å². The molecule has 0 aliphatic carbocycles. The summed E-state index contributed by atoms with van der Waals surface area (Å²) < 4.78 is 24.3. The lowest BCUT2D eigenvalue weighted by Crippen LogP contribution is -2.23. The molecule has 1 nitrogen and oxygen atoms in total. The predicted octanol–water partition coefficient (Wildman–Crippen LogP) is 1.98. The fourth-order valence-corrected chi connectivity index (χ4v) is 1.59. The smallest absolute Gasteiger partial charge is 0.242 e. The summed E-state index contributed by atoms with van der Waals surface area (Å²) in [4.78, 5) is 2.12. The van der Waals surface area contributed by atoms with Gasteiger partial charge in [-0.2, -0.15) is 0 Å². The van der Waals surface area contributed by atoms with Gasteiger partial charge in [-0.25, -0.2) is 8.78 Å². The summed E-state index contributed by atoms with van der Waals surface area (Å²) in [5.41, 5.74) is 0. The highest BCUT2D eigenvalue weighted by Crippen LogP contribution is 2.22. The summed E-state index contributed by atoms with van der Waals surface area (Å²) in [6, 6.07) is 0. The van der Waals surface area contributed by atoms with Crippen LogP contribution in [0.3, 0.4) is 0 Å². The van der Waals surface area contributed by atoms with Crippen molar-refractivity contribution >= 4 is 0 Å². The van der Waals surface area contributed by atoms with Crippen LogP contribution >= 0.6 is 0 Å². The zero-order chi connectivity index (χ0) is 8.27. The second-order valence-electron chi connectivity index (χ2n) is 3.18. The van der Waals surface area contributed by atoms with Crippen molar-refractivity contribution in [3.05, 3.63) is 0 Å². The Hall–Kier alpha value is -0.180. The number of nitrogens with zero attached hydrogens (tertiary/aromatic N) is 1. The SMILES string of the molecule is CCCN1CC[C@@H](C(F)F)C1. The molecule has 3 heteroatoms. The molecule has 1 fully saturated rings. The van der Waals surface area contributed by atoms with Gasteiger partial charge >= 0.3 is 0 Å². The van der Waals surface area contributed by atoms with Crippen molar-refractivity contribution in [1.82, 2.24) is 4.90 Å². The van der Waals surface area contributed by atoms with Crippen LogP contribution in [-0.2, 0) is 0 Å². The molecule has 0 radical (unpaired) electrons. The second kappa shape index (κ2) is 4.00. The van der Waals surface area contributed by atoms with E-state index in [2.05, 4.69) is 11.8 Å². The first-order valence-corrected chi connectivity index (χ1v) is 4.24. The van der Waals surface area contributed by atoms with Crippen molar-refractivity contribution < 1.29 is 8.78 Å². The Bertz CT molecular complexity index is 117. The van der Waals surface area contributed by atoms with Gasteiger partial charge in [0.2, 0.25) is 6.43 Å². The lowest BCUT2D eigenvalue weighted by Gasteiger charge is -2.13. The van der Waals surface area contributed by atoms with Crippen LogP contribution in [0.25, 0.3) is 0 Å². The third-order valence-corrected chi connectivity index (χ3v) is 2.21. The molecule has 1 aliphatic rings. The van der Waals surface area contributed by atoms with E-state index in [0.717, 1.165) is 19.5 Å². The van der Waals surface area contributed by atoms with Gasteiger partial charge in [-0.3, -0.25) is 0 Å². The van der Waals surface area contributed by atoms with Crippen LogP contribution in [0.1, 0.15) is 19.8 Å². The molecule has 1 aliphatic heterocycles. The molecule has 0 amide bonds. The van der Waals surface area contributed by atoms with Gasteiger partial charge in [0.05, 0.1) is 0 Å². The average molecular weight is 163 g/mol. The molecule has 0 saturated carbocycles. The lowest BCUT2D eigenvalue weighted by atomic mass is 10.1. The highest BCUT2D eigenvalue weighted by molar-refractivity contribution is 4.76. The Labute approximate surface area is 66.4 Å². The molecule has 0 unspecified atom stereocenters. The normalized spacial score (nSPS) is 26.7. The maximum atomic E-state index is 12.1. The molecule has 1 atom stereocenters. The summed E-state index contributed by atoms with van der Waals surface area (Å²) >= 11 is 0. The summed E-state index contributed by atoms with van der Waals surface area (Å²) in [6.07, 6.45) is -0.370. The first-order valence-electron chi connectivity index (χ1n) is 4.24. The van der Waals surface area contributed by atoms with E-state index in [0.29, 0.717) is 13.0 Å². The molecule has 0 spiro atoms. The van der Waals surface area contributed by atoms with Crippen molar-refractivity contribution in [1.29, 1.82) is 0 Å². The number of halogens is 2. The van der Waals surface area contributed by atoms with Crippen LogP contribution in [0.15, 0.2) is 0 Å². The molecule has 0 aromatic carbocycles. The first-order chi connectivity index (χ1) is 5.24. The van der Waals surface area contributed by atoms with Gasteiger partial charge in [0.25, 0.3) is 0 Å². The highest BCUT2D eigenvalue weighted by Gasteiger charge is 2.28. The molecular weight excluding hydrogens is 148 g/mol. The molecule has 1 saturated heterocycles. The predicted molar refractivity (Wildman–Crippen MR) is 40.8 cm³/mol. The van der Waals surface area contributed by atoms with Gasteiger partial charge in [-0.15, -0.1) is 0 Å². The lowest BCUT2D eigenvalue weighted by molar-refractivity contribution is 0.0808. The van der Waals surface area contributed by atoms with Gasteiger partial charge in [-0.05, 0) is 25.9 Å². The Morgan fingerprint density at radius 2 is 2.27 bits per heavy atom. The van der Waals surface area contributed by atoms with E-state index in [4.69, 9.17) is 0 Å². The van der Waals surface area contributed by atoms with E-state index < -0.39 is 6.43 Å². The number of hydrogen-bond acceptors (Lipinski definition) is 1. The maximum absolute atomic E-state index is 12.1. The van der Waals surface area contributed by atoms with E-state index in [9.17, 15) is 8.78 Å². The van der Waals surface area contributed by atoms with Crippen LogP contribution in [0, 0.1) is 5.92 Å². The van der Waals surface area contributed by atoms with Crippen LogP contribution in [0.2, 0.25) is 0 Å². The molecule has 0 bridgehead atoms. The number of hydrogen-bond donors (Lipinski definition) is 0. The van der Waals surface area contributed by atoms with Crippen LogP contribution in [-0.4, -0.2) is 31.0 Å². The number of alkyl halides is 2.